The average Bonchev–Trinajstić information content (AvgIpc) is 3.34. The van der Waals surface area contributed by atoms with Crippen LogP contribution >= 0.6 is 0 Å². The molecule has 3 aliphatic heterocycles. The van der Waals surface area contributed by atoms with Crippen LogP contribution in [0.25, 0.3) is 0 Å². The van der Waals surface area contributed by atoms with Gasteiger partial charge in [-0.25, -0.2) is 10.9 Å². The van der Waals surface area contributed by atoms with Gasteiger partial charge in [0.1, 0.15) is 29.4 Å². The van der Waals surface area contributed by atoms with Gasteiger partial charge in [-0.15, -0.1) is 0 Å². The van der Waals surface area contributed by atoms with Gasteiger partial charge in [0.2, 0.25) is 11.8 Å². The molecular formula is C24H23N5O5. The third-order valence-electron chi connectivity index (χ3n) is 6.62. The molecule has 0 aromatic heterocycles. The number of amides is 1. The largest absolute Gasteiger partial charge is 0.494 e. The van der Waals surface area contributed by atoms with Gasteiger partial charge in [0.05, 0.1) is 18.6 Å². The van der Waals surface area contributed by atoms with Crippen LogP contribution in [0.2, 0.25) is 0 Å². The lowest BCUT2D eigenvalue weighted by Gasteiger charge is -2.42. The molecule has 10 heteroatoms. The van der Waals surface area contributed by atoms with Gasteiger partial charge in [-0.3, -0.25) is 14.5 Å². The van der Waals surface area contributed by atoms with E-state index in [9.17, 15) is 20.0 Å². The molecule has 174 valence electrons. The molecule has 34 heavy (non-hydrogen) atoms. The number of nitrogens with one attached hydrogen (secondary N) is 2. The first-order valence-electron chi connectivity index (χ1n) is 10.9. The molecule has 0 saturated carbocycles. The van der Waals surface area contributed by atoms with Crippen molar-refractivity contribution in [3.63, 3.8) is 0 Å². The fourth-order valence-corrected chi connectivity index (χ4v) is 5.37. The molecule has 5 N–H and O–H groups in total. The lowest BCUT2D eigenvalue weighted by Crippen LogP contribution is -2.56. The van der Waals surface area contributed by atoms with Gasteiger partial charge >= 0.3 is 5.97 Å². The number of nitriles is 1. The Morgan fingerprint density at radius 1 is 1.26 bits per heavy atom. The lowest BCUT2D eigenvalue weighted by molar-refractivity contribution is -0.137. The Hall–Kier alpha value is -4.07. The topological polar surface area (TPSA) is 150 Å². The summed E-state index contributed by atoms with van der Waals surface area (Å²) in [5, 5.41) is 19.7. The predicted octanol–water partition coefficient (Wildman–Crippen LogP) is 1.27. The molecule has 0 bridgehead atoms. The van der Waals surface area contributed by atoms with Crippen LogP contribution in [0.1, 0.15) is 24.1 Å². The first kappa shape index (κ1) is 21.8. The van der Waals surface area contributed by atoms with Crippen LogP contribution in [0.15, 0.2) is 60.0 Å². The Balaban J connectivity index is 1.71. The van der Waals surface area contributed by atoms with E-state index in [1.807, 2.05) is 31.2 Å². The third-order valence-corrected chi connectivity index (χ3v) is 6.62. The second-order valence-electron chi connectivity index (χ2n) is 8.29. The molecular weight excluding hydrogens is 438 g/mol. The zero-order valence-electron chi connectivity index (χ0n) is 18.3. The van der Waals surface area contributed by atoms with E-state index in [-0.39, 0.29) is 11.5 Å². The van der Waals surface area contributed by atoms with E-state index in [1.54, 1.807) is 24.3 Å². The Morgan fingerprint density at radius 2 is 2.00 bits per heavy atom. The van der Waals surface area contributed by atoms with Crippen LogP contribution in [0.4, 0.5) is 5.69 Å². The molecule has 3 aliphatic rings. The fraction of sp³-hybridized carbons (Fsp3) is 0.292. The number of fused-ring (bicyclic) bond motifs is 4. The normalized spacial score (nSPS) is 27.2. The molecule has 0 radical (unpaired) electrons. The van der Waals surface area contributed by atoms with E-state index in [0.29, 0.717) is 23.6 Å². The molecule has 5 rings (SSSR count). The first-order valence-corrected chi connectivity index (χ1v) is 10.9. The second-order valence-corrected chi connectivity index (χ2v) is 8.29. The van der Waals surface area contributed by atoms with E-state index < -0.39 is 42.0 Å². The minimum atomic E-state index is -1.53. The number of para-hydroxylation sites is 1. The number of hydrogen-bond acceptors (Lipinski definition) is 8. The average molecular weight is 461 g/mol. The van der Waals surface area contributed by atoms with Crippen LogP contribution in [0, 0.1) is 17.2 Å². The summed E-state index contributed by atoms with van der Waals surface area (Å²) in [6.07, 6.45) is -0.740. The Morgan fingerprint density at radius 3 is 2.68 bits per heavy atom. The van der Waals surface area contributed by atoms with Crippen molar-refractivity contribution in [3.8, 4) is 11.8 Å². The Labute approximate surface area is 195 Å². The predicted molar refractivity (Wildman–Crippen MR) is 120 cm³/mol. The summed E-state index contributed by atoms with van der Waals surface area (Å²) >= 11 is 0. The zero-order chi connectivity index (χ0) is 24.0. The number of rotatable bonds is 5. The number of carbonyl (C=O) groups is 2. The molecule has 1 amide bonds. The fourth-order valence-electron chi connectivity index (χ4n) is 5.37. The Kier molecular flexibility index (Phi) is 5.16. The van der Waals surface area contributed by atoms with Crippen LogP contribution < -0.4 is 26.2 Å². The molecule has 3 heterocycles. The number of carboxylic acid groups (broad SMARTS) is 1. The summed E-state index contributed by atoms with van der Waals surface area (Å²) in [5.41, 5.74) is 12.7. The highest BCUT2D eigenvalue weighted by molar-refractivity contribution is 6.13. The Bertz CT molecular complexity index is 1240. The quantitative estimate of drug-likeness (QED) is 0.516. The number of ether oxygens (including phenoxy) is 2. The van der Waals surface area contributed by atoms with Crippen molar-refractivity contribution in [3.05, 3.63) is 71.1 Å². The van der Waals surface area contributed by atoms with Crippen molar-refractivity contribution >= 4 is 17.6 Å². The first-order chi connectivity index (χ1) is 16.4. The molecule has 2 aromatic rings. The molecule has 1 fully saturated rings. The summed E-state index contributed by atoms with van der Waals surface area (Å²) < 4.78 is 11.4. The maximum atomic E-state index is 14.1. The molecule has 1 spiro atoms. The number of benzene rings is 2. The van der Waals surface area contributed by atoms with E-state index in [2.05, 4.69) is 16.9 Å². The van der Waals surface area contributed by atoms with Gasteiger partial charge in [-0.05, 0) is 36.2 Å². The van der Waals surface area contributed by atoms with Gasteiger partial charge in [0.25, 0.3) is 0 Å². The highest BCUT2D eigenvalue weighted by atomic mass is 16.5. The number of carboxylic acids is 1. The molecule has 10 nitrogen and oxygen atoms in total. The number of anilines is 1. The van der Waals surface area contributed by atoms with E-state index in [1.165, 1.54) is 4.90 Å². The lowest BCUT2D eigenvalue weighted by atomic mass is 9.62. The van der Waals surface area contributed by atoms with E-state index in [0.717, 1.165) is 5.56 Å². The van der Waals surface area contributed by atoms with Gasteiger partial charge in [0, 0.05) is 5.69 Å². The zero-order valence-corrected chi connectivity index (χ0v) is 18.3. The summed E-state index contributed by atoms with van der Waals surface area (Å²) in [7, 11) is 0. The summed E-state index contributed by atoms with van der Waals surface area (Å²) in [5.74, 6) is -1.77. The number of nitrogens with zero attached hydrogens (tertiary/aromatic N) is 2. The molecule has 4 unspecified atom stereocenters. The third kappa shape index (κ3) is 2.95. The minimum Gasteiger partial charge on any atom is -0.494 e. The number of nitrogens with two attached hydrogens (primary N) is 1. The van der Waals surface area contributed by atoms with Crippen molar-refractivity contribution in [2.45, 2.75) is 24.6 Å². The SMILES string of the molecule is CCOc1ccc(C2NNC3OC(N)=C(C#N)C4(C(=O)N(CC(=O)O)c5ccccc54)C32)cc1. The monoisotopic (exact) mass is 461 g/mol. The van der Waals surface area contributed by atoms with Crippen LogP contribution in [0.3, 0.4) is 0 Å². The molecule has 0 aliphatic carbocycles. The van der Waals surface area contributed by atoms with Crippen LogP contribution in [-0.2, 0) is 19.7 Å². The summed E-state index contributed by atoms with van der Waals surface area (Å²) in [6, 6.07) is 16.0. The van der Waals surface area contributed by atoms with E-state index in [4.69, 9.17) is 15.2 Å². The highest BCUT2D eigenvalue weighted by Crippen LogP contribution is 2.58. The number of hydrazine groups is 1. The number of hydrogen-bond donors (Lipinski definition) is 4. The molecule has 2 aromatic carbocycles. The highest BCUT2D eigenvalue weighted by Gasteiger charge is 2.67. The van der Waals surface area contributed by atoms with Crippen molar-refractivity contribution in [2.24, 2.45) is 11.7 Å². The summed E-state index contributed by atoms with van der Waals surface area (Å²) in [4.78, 5) is 27.0. The van der Waals surface area contributed by atoms with Crippen molar-refractivity contribution < 1.29 is 24.2 Å². The van der Waals surface area contributed by atoms with Crippen LogP contribution in [0.5, 0.6) is 5.75 Å². The summed E-state index contributed by atoms with van der Waals surface area (Å²) in [6.45, 7) is 1.89. The van der Waals surface area contributed by atoms with E-state index >= 15 is 0 Å². The second kappa shape index (κ2) is 8.06. The van der Waals surface area contributed by atoms with Gasteiger partial charge in [-0.1, -0.05) is 30.3 Å². The smallest absolute Gasteiger partial charge is 0.323 e. The van der Waals surface area contributed by atoms with Crippen molar-refractivity contribution in [2.75, 3.05) is 18.1 Å². The van der Waals surface area contributed by atoms with Gasteiger partial charge in [-0.2, -0.15) is 5.26 Å². The number of carbonyl (C=O) groups excluding carboxylic acids is 1. The molecule has 4 atom stereocenters. The van der Waals surface area contributed by atoms with Crippen molar-refractivity contribution in [1.82, 2.24) is 10.9 Å². The molecule has 1 saturated heterocycles. The van der Waals surface area contributed by atoms with Gasteiger partial charge in [0.15, 0.2) is 6.23 Å². The van der Waals surface area contributed by atoms with Crippen molar-refractivity contribution in [1.29, 1.82) is 5.26 Å². The standard InChI is InChI=1S/C24H23N5O5/c1-2-33-14-9-7-13(8-10-14)20-19-22(28-27-20)34-21(26)16(11-25)24(19)15-5-3-4-6-17(15)29(23(24)32)12-18(30)31/h3-10,19-20,22,27-28H,2,12,26H2,1H3,(H,30,31). The maximum Gasteiger partial charge on any atom is 0.323 e. The maximum absolute atomic E-state index is 14.1. The number of aliphatic carboxylic acids is 1. The van der Waals surface area contributed by atoms with Crippen LogP contribution in [-0.4, -0.2) is 36.4 Å². The van der Waals surface area contributed by atoms with Gasteiger partial charge < -0.3 is 20.3 Å². The minimum absolute atomic E-state index is 0.0273.